The second-order valence-electron chi connectivity index (χ2n) is 5.95. The topological polar surface area (TPSA) is 41.6 Å². The van der Waals surface area contributed by atoms with Gasteiger partial charge in [0.2, 0.25) is 5.91 Å². The van der Waals surface area contributed by atoms with Gasteiger partial charge in [-0.25, -0.2) is 0 Å². The predicted octanol–water partition coefficient (Wildman–Crippen LogP) is 3.05. The summed E-state index contributed by atoms with van der Waals surface area (Å²) in [6.45, 7) is 3.19. The van der Waals surface area contributed by atoms with Gasteiger partial charge in [-0.2, -0.15) is 0 Å². The zero-order valence-corrected chi connectivity index (χ0v) is 14.7. The van der Waals surface area contributed by atoms with E-state index in [1.54, 1.807) is 0 Å². The maximum Gasteiger partial charge on any atom is 0.224 e. The van der Waals surface area contributed by atoms with Crippen LogP contribution in [0.2, 0.25) is 0 Å². The second-order valence-corrected chi connectivity index (χ2v) is 5.95. The average molecular weight is 326 g/mol. The number of ether oxygens (including phenoxy) is 1. The number of benzene rings is 2. The van der Waals surface area contributed by atoms with Crippen LogP contribution in [0.5, 0.6) is 5.75 Å². The zero-order chi connectivity index (χ0) is 17.4. The number of carbonyl (C=O) groups excluding carboxylic acids is 1. The van der Waals surface area contributed by atoms with Crippen LogP contribution in [0.1, 0.15) is 24.1 Å². The van der Waals surface area contributed by atoms with Crippen LogP contribution in [0.25, 0.3) is 0 Å². The number of hydrogen-bond acceptors (Lipinski definition) is 3. The molecule has 128 valence electrons. The molecule has 0 aliphatic carbocycles. The lowest BCUT2D eigenvalue weighted by atomic mass is 10.1. The normalized spacial score (nSPS) is 12.0. The first-order valence-electron chi connectivity index (χ1n) is 8.30. The van der Waals surface area contributed by atoms with Crippen molar-refractivity contribution in [3.8, 4) is 5.75 Å². The Morgan fingerprint density at radius 2 is 1.75 bits per heavy atom. The van der Waals surface area contributed by atoms with Crippen molar-refractivity contribution in [1.29, 1.82) is 0 Å². The van der Waals surface area contributed by atoms with E-state index < -0.39 is 0 Å². The van der Waals surface area contributed by atoms with Gasteiger partial charge in [0.1, 0.15) is 5.75 Å². The Labute approximate surface area is 144 Å². The lowest BCUT2D eigenvalue weighted by molar-refractivity contribution is -0.120. The van der Waals surface area contributed by atoms with Gasteiger partial charge in [0.05, 0.1) is 19.1 Å². The van der Waals surface area contributed by atoms with Crippen molar-refractivity contribution in [1.82, 2.24) is 10.2 Å². The Bertz CT molecular complexity index is 624. The fourth-order valence-corrected chi connectivity index (χ4v) is 2.60. The molecule has 0 spiro atoms. The lowest BCUT2D eigenvalue weighted by Gasteiger charge is -2.25. The first-order valence-corrected chi connectivity index (χ1v) is 8.30. The number of likely N-dealkylation sites (N-methyl/N-ethyl adjacent to an activating group) is 1. The Morgan fingerprint density at radius 3 is 2.33 bits per heavy atom. The molecule has 0 aromatic heterocycles. The van der Waals surface area contributed by atoms with E-state index in [9.17, 15) is 4.79 Å². The van der Waals surface area contributed by atoms with E-state index in [0.717, 1.165) is 11.3 Å². The molecule has 4 nitrogen and oxygen atoms in total. The number of hydrogen-bond donors (Lipinski definition) is 1. The highest BCUT2D eigenvalue weighted by Crippen LogP contribution is 2.17. The highest BCUT2D eigenvalue weighted by molar-refractivity contribution is 5.78. The van der Waals surface area contributed by atoms with Gasteiger partial charge in [-0.1, -0.05) is 42.5 Å². The van der Waals surface area contributed by atoms with Crippen LogP contribution in [-0.4, -0.2) is 38.1 Å². The van der Waals surface area contributed by atoms with Crippen molar-refractivity contribution in [2.45, 2.75) is 19.4 Å². The summed E-state index contributed by atoms with van der Waals surface area (Å²) in [6.07, 6.45) is 0.376. The number of nitrogens with one attached hydrogen (secondary N) is 1. The maximum absolute atomic E-state index is 12.2. The molecule has 0 bridgehead atoms. The molecule has 0 radical (unpaired) electrons. The molecule has 0 fully saturated rings. The van der Waals surface area contributed by atoms with E-state index in [1.165, 1.54) is 5.56 Å². The van der Waals surface area contributed by atoms with Crippen molar-refractivity contribution in [2.75, 3.05) is 27.2 Å². The molecule has 1 atom stereocenters. The zero-order valence-electron chi connectivity index (χ0n) is 14.7. The van der Waals surface area contributed by atoms with Gasteiger partial charge in [0, 0.05) is 6.54 Å². The summed E-state index contributed by atoms with van der Waals surface area (Å²) in [4.78, 5) is 14.3. The van der Waals surface area contributed by atoms with E-state index >= 15 is 0 Å². The van der Waals surface area contributed by atoms with Crippen LogP contribution in [0.3, 0.4) is 0 Å². The number of carbonyl (C=O) groups is 1. The Balaban J connectivity index is 1.89. The van der Waals surface area contributed by atoms with Crippen molar-refractivity contribution >= 4 is 5.91 Å². The lowest BCUT2D eigenvalue weighted by Crippen LogP contribution is -2.35. The van der Waals surface area contributed by atoms with Crippen molar-refractivity contribution in [3.05, 3.63) is 65.7 Å². The van der Waals surface area contributed by atoms with Gasteiger partial charge in [0.25, 0.3) is 0 Å². The summed E-state index contributed by atoms with van der Waals surface area (Å²) in [6, 6.07) is 18.1. The summed E-state index contributed by atoms with van der Waals surface area (Å²) >= 11 is 0. The van der Waals surface area contributed by atoms with Crippen molar-refractivity contribution in [2.24, 2.45) is 0 Å². The minimum absolute atomic E-state index is 0.0296. The third-order valence-corrected chi connectivity index (χ3v) is 3.90. The van der Waals surface area contributed by atoms with E-state index in [1.807, 2.05) is 63.5 Å². The Kier molecular flexibility index (Phi) is 6.82. The summed E-state index contributed by atoms with van der Waals surface area (Å²) in [5.74, 6) is 0.861. The molecule has 2 aromatic carbocycles. The van der Waals surface area contributed by atoms with Crippen LogP contribution in [0.4, 0.5) is 0 Å². The Hall–Kier alpha value is -2.33. The largest absolute Gasteiger partial charge is 0.494 e. The van der Waals surface area contributed by atoms with Crippen LogP contribution in [-0.2, 0) is 11.2 Å². The first kappa shape index (κ1) is 18.0. The molecule has 1 amide bonds. The van der Waals surface area contributed by atoms with Gasteiger partial charge in [-0.3, -0.25) is 4.79 Å². The molecule has 0 aliphatic heterocycles. The van der Waals surface area contributed by atoms with Crippen LogP contribution in [0.15, 0.2) is 54.6 Å². The van der Waals surface area contributed by atoms with Crippen LogP contribution < -0.4 is 10.1 Å². The highest BCUT2D eigenvalue weighted by atomic mass is 16.5. The average Bonchev–Trinajstić information content (AvgIpc) is 2.58. The molecule has 0 saturated heterocycles. The fourth-order valence-electron chi connectivity index (χ4n) is 2.60. The summed E-state index contributed by atoms with van der Waals surface area (Å²) in [5.41, 5.74) is 2.18. The molecule has 0 saturated carbocycles. The number of nitrogens with zero attached hydrogens (tertiary/aromatic N) is 1. The number of amides is 1. The van der Waals surface area contributed by atoms with E-state index in [4.69, 9.17) is 4.74 Å². The standard InChI is InChI=1S/C20H26N2O2/c1-4-24-18-12-10-16(11-13-18)14-20(23)21-15-19(22(2)3)17-8-6-5-7-9-17/h5-13,19H,4,14-15H2,1-3H3,(H,21,23)/t19-/m0/s1. The molecule has 2 rings (SSSR count). The summed E-state index contributed by atoms with van der Waals surface area (Å²) in [5, 5.41) is 3.04. The Morgan fingerprint density at radius 1 is 1.08 bits per heavy atom. The monoisotopic (exact) mass is 326 g/mol. The van der Waals surface area contributed by atoms with Gasteiger partial charge >= 0.3 is 0 Å². The fraction of sp³-hybridized carbons (Fsp3) is 0.350. The van der Waals surface area contributed by atoms with Gasteiger partial charge < -0.3 is 15.0 Å². The summed E-state index contributed by atoms with van der Waals surface area (Å²) < 4.78 is 5.41. The number of rotatable bonds is 8. The van der Waals surface area contributed by atoms with Crippen LogP contribution >= 0.6 is 0 Å². The predicted molar refractivity (Wildman–Crippen MR) is 97.2 cm³/mol. The molecule has 1 N–H and O–H groups in total. The quantitative estimate of drug-likeness (QED) is 0.811. The van der Waals surface area contributed by atoms with Crippen LogP contribution in [0, 0.1) is 0 Å². The molecule has 0 unspecified atom stereocenters. The highest BCUT2D eigenvalue weighted by Gasteiger charge is 2.15. The molecule has 4 heteroatoms. The smallest absolute Gasteiger partial charge is 0.224 e. The minimum Gasteiger partial charge on any atom is -0.494 e. The molecule has 0 heterocycles. The van der Waals surface area contributed by atoms with Crippen molar-refractivity contribution in [3.63, 3.8) is 0 Å². The molecular formula is C20H26N2O2. The van der Waals surface area contributed by atoms with E-state index in [0.29, 0.717) is 19.6 Å². The minimum atomic E-state index is 0.0296. The van der Waals surface area contributed by atoms with Crippen molar-refractivity contribution < 1.29 is 9.53 Å². The summed E-state index contributed by atoms with van der Waals surface area (Å²) in [7, 11) is 4.05. The van der Waals surface area contributed by atoms with E-state index in [-0.39, 0.29) is 11.9 Å². The SMILES string of the molecule is CCOc1ccc(CC(=O)NC[C@@H](c2ccccc2)N(C)C)cc1. The van der Waals surface area contributed by atoms with E-state index in [2.05, 4.69) is 22.3 Å². The third-order valence-electron chi connectivity index (χ3n) is 3.90. The maximum atomic E-state index is 12.2. The molecule has 24 heavy (non-hydrogen) atoms. The molecule has 0 aliphatic rings. The molecule has 2 aromatic rings. The van der Waals surface area contributed by atoms with Gasteiger partial charge in [0.15, 0.2) is 0 Å². The second kappa shape index (κ2) is 9.08. The first-order chi connectivity index (χ1) is 11.6. The van der Waals surface area contributed by atoms with Gasteiger partial charge in [-0.05, 0) is 44.3 Å². The molecular weight excluding hydrogens is 300 g/mol. The third kappa shape index (κ3) is 5.39. The van der Waals surface area contributed by atoms with Gasteiger partial charge in [-0.15, -0.1) is 0 Å².